The van der Waals surface area contributed by atoms with Crippen LogP contribution in [0.4, 0.5) is 0 Å². The summed E-state index contributed by atoms with van der Waals surface area (Å²) in [7, 11) is 0. The summed E-state index contributed by atoms with van der Waals surface area (Å²) in [6.45, 7) is 9.44. The minimum absolute atomic E-state index is 0.000686. The summed E-state index contributed by atoms with van der Waals surface area (Å²) in [5.74, 6) is -2.38. The maximum atomic E-state index is 14.8. The Morgan fingerprint density at radius 3 is 2.38 bits per heavy atom. The molecule has 0 saturated heterocycles. The third-order valence-electron chi connectivity index (χ3n) is 13.6. The fraction of sp³-hybridized carbons (Fsp3) is 0.771. The predicted molar refractivity (Wildman–Crippen MR) is 170 cm³/mol. The first kappa shape index (κ1) is 33.8. The number of aliphatic imine (C=N–C) groups is 1. The quantitative estimate of drug-likeness (QED) is 0.139. The molecular weight excluding hydrogens is 574 g/mol. The summed E-state index contributed by atoms with van der Waals surface area (Å²) in [6, 6.07) is 0. The first-order valence-corrected chi connectivity index (χ1v) is 16.8. The number of ketones is 2. The molecule has 2 bridgehead atoms. The molecule has 250 valence electrons. The largest absolute Gasteiger partial charge is 0.478 e. The number of carboxylic acid groups (broad SMARTS) is 1. The van der Waals surface area contributed by atoms with Crippen LogP contribution in [-0.2, 0) is 14.4 Å². The van der Waals surface area contributed by atoms with Crippen LogP contribution in [0.3, 0.4) is 0 Å². The van der Waals surface area contributed by atoms with Crippen LogP contribution in [0, 0.1) is 45.3 Å². The molecule has 3 saturated carbocycles. The Morgan fingerprint density at radius 2 is 1.73 bits per heavy atom. The van der Waals surface area contributed by atoms with E-state index in [4.69, 9.17) is 11.5 Å². The van der Waals surface area contributed by atoms with E-state index in [9.17, 15) is 34.8 Å². The molecule has 5 aliphatic rings. The van der Waals surface area contributed by atoms with Crippen molar-refractivity contribution in [3.63, 3.8) is 0 Å². The standard InChI is InChI=1S/C35H53N3O7/c1-18(30(44)45)13-22(39)20(17-38-31(36)37)19(2)21-14-27(43)33(5)28-23(40)15-25-32(3,4)26(42)9-12-34(25)10-7-6-8-11-35(21,33)16-24(41)29(28)34/h13,19-23,25,27,39-40,43H,6-12,14-17H2,1-5H3,(H,44,45)(H4,36,37,38). The van der Waals surface area contributed by atoms with Gasteiger partial charge in [-0.3, -0.25) is 14.6 Å². The lowest BCUT2D eigenvalue weighted by Gasteiger charge is -2.63. The Bertz CT molecular complexity index is 1350. The Labute approximate surface area is 266 Å². The molecule has 0 aromatic rings. The number of aliphatic carboxylic acids is 1. The minimum Gasteiger partial charge on any atom is -0.478 e. The van der Waals surface area contributed by atoms with E-state index in [-0.39, 0.29) is 53.8 Å². The number of rotatable bonds is 7. The van der Waals surface area contributed by atoms with Gasteiger partial charge in [-0.05, 0) is 73.8 Å². The van der Waals surface area contributed by atoms with Crippen molar-refractivity contribution >= 4 is 23.5 Å². The molecule has 8 N–H and O–H groups in total. The van der Waals surface area contributed by atoms with Gasteiger partial charge in [0.05, 0.1) is 18.3 Å². The molecule has 5 aliphatic carbocycles. The lowest BCUT2D eigenvalue weighted by atomic mass is 9.40. The number of aliphatic hydroxyl groups is 3. The summed E-state index contributed by atoms with van der Waals surface area (Å²) in [5.41, 5.74) is 9.98. The molecule has 0 heterocycles. The zero-order chi connectivity index (χ0) is 33.3. The van der Waals surface area contributed by atoms with Crippen molar-refractivity contribution in [3.05, 3.63) is 22.8 Å². The van der Waals surface area contributed by atoms with E-state index >= 15 is 0 Å². The zero-order valence-corrected chi connectivity index (χ0v) is 27.5. The Morgan fingerprint density at radius 1 is 1.07 bits per heavy atom. The van der Waals surface area contributed by atoms with Gasteiger partial charge in [-0.25, -0.2) is 4.79 Å². The van der Waals surface area contributed by atoms with Crippen molar-refractivity contribution < 1.29 is 34.8 Å². The number of carboxylic acids is 1. The van der Waals surface area contributed by atoms with E-state index in [0.717, 1.165) is 25.7 Å². The van der Waals surface area contributed by atoms with Crippen molar-refractivity contribution in [2.75, 3.05) is 6.54 Å². The Balaban J connectivity index is 1.68. The molecule has 0 aromatic heterocycles. The SMILES string of the molecule is CC(=CC(O)C(CN=C(N)N)C(C)C1CC(O)C2(C)C3=C4C(=O)CC12CCCCCC41CCC(=O)C(C)(C)C1CC3O)C(=O)O. The first-order valence-electron chi connectivity index (χ1n) is 16.8. The lowest BCUT2D eigenvalue weighted by molar-refractivity contribution is -0.150. The number of carbonyl (C=O) groups is 3. The van der Waals surface area contributed by atoms with E-state index in [2.05, 4.69) is 4.99 Å². The van der Waals surface area contributed by atoms with Crippen molar-refractivity contribution in [2.45, 2.75) is 117 Å². The maximum Gasteiger partial charge on any atom is 0.331 e. The average molecular weight is 628 g/mol. The summed E-state index contributed by atoms with van der Waals surface area (Å²) in [5, 5.41) is 45.1. The van der Waals surface area contributed by atoms with Gasteiger partial charge in [0.25, 0.3) is 0 Å². The molecule has 3 fully saturated rings. The summed E-state index contributed by atoms with van der Waals surface area (Å²) in [4.78, 5) is 43.8. The highest BCUT2D eigenvalue weighted by Crippen LogP contribution is 2.74. The normalized spacial score (nSPS) is 39.9. The number of hydrogen-bond acceptors (Lipinski definition) is 7. The molecule has 0 aliphatic heterocycles. The van der Waals surface area contributed by atoms with Gasteiger partial charge in [0.1, 0.15) is 5.78 Å². The second kappa shape index (κ2) is 11.6. The van der Waals surface area contributed by atoms with Crippen LogP contribution in [0.15, 0.2) is 27.8 Å². The van der Waals surface area contributed by atoms with E-state index in [1.165, 1.54) is 13.0 Å². The molecule has 2 spiro atoms. The van der Waals surface area contributed by atoms with Gasteiger partial charge in [0.2, 0.25) is 0 Å². The van der Waals surface area contributed by atoms with Crippen LogP contribution in [0.25, 0.3) is 0 Å². The van der Waals surface area contributed by atoms with Crippen LogP contribution in [-0.4, -0.2) is 68.8 Å². The van der Waals surface area contributed by atoms with Crippen molar-refractivity contribution in [3.8, 4) is 0 Å². The molecule has 0 aromatic carbocycles. The number of hydrogen-bond donors (Lipinski definition) is 6. The highest BCUT2D eigenvalue weighted by atomic mass is 16.4. The molecular formula is C35H53N3O7. The van der Waals surface area contributed by atoms with Crippen LogP contribution in [0.2, 0.25) is 0 Å². The second-order valence-electron chi connectivity index (χ2n) is 15.7. The smallest absolute Gasteiger partial charge is 0.331 e. The topological polar surface area (TPSA) is 197 Å². The summed E-state index contributed by atoms with van der Waals surface area (Å²) < 4.78 is 0. The van der Waals surface area contributed by atoms with Gasteiger partial charge in [0.15, 0.2) is 11.7 Å². The monoisotopic (exact) mass is 627 g/mol. The predicted octanol–water partition coefficient (Wildman–Crippen LogP) is 3.27. The van der Waals surface area contributed by atoms with E-state index in [1.54, 1.807) is 0 Å². The van der Waals surface area contributed by atoms with Gasteiger partial charge in [-0.1, -0.05) is 47.0 Å². The van der Waals surface area contributed by atoms with Crippen molar-refractivity contribution in [1.82, 2.24) is 0 Å². The molecule has 10 nitrogen and oxygen atoms in total. The highest BCUT2D eigenvalue weighted by molar-refractivity contribution is 6.01. The van der Waals surface area contributed by atoms with Gasteiger partial charge in [0, 0.05) is 52.7 Å². The molecule has 5 rings (SSSR count). The van der Waals surface area contributed by atoms with Gasteiger partial charge in [-0.2, -0.15) is 0 Å². The number of allylic oxidation sites excluding steroid dienone is 1. The fourth-order valence-corrected chi connectivity index (χ4v) is 11.2. The van der Waals surface area contributed by atoms with Gasteiger partial charge < -0.3 is 31.9 Å². The summed E-state index contributed by atoms with van der Waals surface area (Å²) in [6.07, 6.45) is 4.50. The second-order valence-corrected chi connectivity index (χ2v) is 15.7. The van der Waals surface area contributed by atoms with Crippen LogP contribution in [0.1, 0.15) is 98.8 Å². The molecule has 0 amide bonds. The Hall–Kier alpha value is -2.56. The third kappa shape index (κ3) is 4.92. The van der Waals surface area contributed by atoms with E-state index in [1.807, 2.05) is 27.7 Å². The molecule has 45 heavy (non-hydrogen) atoms. The van der Waals surface area contributed by atoms with Crippen molar-refractivity contribution in [2.24, 2.45) is 61.8 Å². The van der Waals surface area contributed by atoms with Gasteiger partial charge in [-0.15, -0.1) is 0 Å². The zero-order valence-electron chi connectivity index (χ0n) is 27.5. The van der Waals surface area contributed by atoms with E-state index in [0.29, 0.717) is 43.3 Å². The average Bonchev–Trinajstić information content (AvgIpc) is 3.18. The number of guanidine groups is 1. The molecule has 10 unspecified atom stereocenters. The minimum atomic E-state index is -1.18. The lowest BCUT2D eigenvalue weighted by Crippen LogP contribution is -2.62. The molecule has 10 heteroatoms. The molecule has 0 radical (unpaired) electrons. The number of fused-ring (bicyclic) bond motifs is 2. The van der Waals surface area contributed by atoms with Crippen molar-refractivity contribution in [1.29, 1.82) is 0 Å². The summed E-state index contributed by atoms with van der Waals surface area (Å²) >= 11 is 0. The fourth-order valence-electron chi connectivity index (χ4n) is 11.2. The third-order valence-corrected chi connectivity index (χ3v) is 13.6. The molecule has 10 atom stereocenters. The maximum absolute atomic E-state index is 14.8. The first-order chi connectivity index (χ1) is 21.0. The van der Waals surface area contributed by atoms with Crippen LogP contribution >= 0.6 is 0 Å². The number of aliphatic hydroxyl groups excluding tert-OH is 3. The van der Waals surface area contributed by atoms with Gasteiger partial charge >= 0.3 is 5.97 Å². The Kier molecular flexibility index (Phi) is 8.71. The van der Waals surface area contributed by atoms with Crippen LogP contribution < -0.4 is 11.5 Å². The number of nitrogens with zero attached hydrogens (tertiary/aromatic N) is 1. The number of Topliss-reactive ketones (excluding diaryl/α,β-unsaturated/α-hetero) is 2. The van der Waals surface area contributed by atoms with E-state index < -0.39 is 51.9 Å². The van der Waals surface area contributed by atoms with Crippen LogP contribution in [0.5, 0.6) is 0 Å². The number of carbonyl (C=O) groups excluding carboxylic acids is 2. The highest BCUT2D eigenvalue weighted by Gasteiger charge is 2.72. The number of nitrogens with two attached hydrogens (primary N) is 2.